The number of pyridine rings is 1. The zero-order valence-corrected chi connectivity index (χ0v) is 28.8. The molecule has 240 valence electrons. The van der Waals surface area contributed by atoms with Gasteiger partial charge in [0.2, 0.25) is 0 Å². The van der Waals surface area contributed by atoms with Crippen LogP contribution in [0.5, 0.6) is 0 Å². The van der Waals surface area contributed by atoms with E-state index >= 15 is 0 Å². The molecule has 0 bridgehead atoms. The van der Waals surface area contributed by atoms with Crippen LogP contribution in [0.15, 0.2) is 170 Å². The molecule has 0 N–H and O–H groups in total. The second-order valence-electron chi connectivity index (χ2n) is 13.9. The number of rotatable bonds is 3. The van der Waals surface area contributed by atoms with E-state index in [9.17, 15) is 0 Å². The number of nitrogens with zero attached hydrogens (tertiary/aromatic N) is 2. The van der Waals surface area contributed by atoms with Gasteiger partial charge in [0.1, 0.15) is 0 Å². The molecule has 0 atom stereocenters. The Kier molecular flexibility index (Phi) is 5.68. The zero-order chi connectivity index (χ0) is 33.9. The molecule has 4 aromatic heterocycles. The summed E-state index contributed by atoms with van der Waals surface area (Å²) >= 11 is 1.91. The fourth-order valence-electron chi connectivity index (χ4n) is 8.79. The minimum Gasteiger partial charge on any atom is -0.308 e. The third-order valence-corrected chi connectivity index (χ3v) is 12.4. The van der Waals surface area contributed by atoms with Crippen LogP contribution < -0.4 is 0 Å². The molecule has 8 aromatic carbocycles. The van der Waals surface area contributed by atoms with Crippen molar-refractivity contribution in [3.05, 3.63) is 170 Å². The predicted molar refractivity (Wildman–Crippen MR) is 223 cm³/mol. The zero-order valence-electron chi connectivity index (χ0n) is 28.0. The summed E-state index contributed by atoms with van der Waals surface area (Å²) in [5, 5.41) is 11.5. The number of hydrogen-bond acceptors (Lipinski definition) is 2. The molecular formula is C49H28N2S. The Hall–Kier alpha value is -6.55. The molecule has 0 unspecified atom stereocenters. The standard InChI is InChI=1S/C49H28N2S/c1-2-11-31(12-3-1)46-39-26-25-37-36-17-10-16-33(48(36)52-49(37)45(39)38-15-4-7-18-42(38)50-46)30-23-21-29(22-24-30)32-27-40-34-13-5-8-19-43(34)51-44-20-9-6-14-35(44)41(28-32)47(40)51/h1-28H. The van der Waals surface area contributed by atoms with Crippen LogP contribution in [0.1, 0.15) is 0 Å². The maximum Gasteiger partial charge on any atom is 0.0788 e. The highest BCUT2D eigenvalue weighted by Crippen LogP contribution is 2.47. The molecule has 12 rings (SSSR count). The molecule has 52 heavy (non-hydrogen) atoms. The van der Waals surface area contributed by atoms with Gasteiger partial charge in [-0.1, -0.05) is 140 Å². The van der Waals surface area contributed by atoms with Crippen LogP contribution in [0.2, 0.25) is 0 Å². The van der Waals surface area contributed by atoms with Crippen molar-refractivity contribution < 1.29 is 0 Å². The van der Waals surface area contributed by atoms with Crippen molar-refractivity contribution in [1.29, 1.82) is 0 Å². The lowest BCUT2D eigenvalue weighted by Crippen LogP contribution is -1.89. The van der Waals surface area contributed by atoms with Gasteiger partial charge in [-0.05, 0) is 52.6 Å². The highest BCUT2D eigenvalue weighted by atomic mass is 32.1. The Morgan fingerprint density at radius 3 is 1.73 bits per heavy atom. The third-order valence-electron chi connectivity index (χ3n) is 11.1. The summed E-state index contributed by atoms with van der Waals surface area (Å²) in [6, 6.07) is 62.1. The first kappa shape index (κ1) is 28.2. The van der Waals surface area contributed by atoms with Gasteiger partial charge in [-0.25, -0.2) is 4.98 Å². The van der Waals surface area contributed by atoms with Gasteiger partial charge < -0.3 is 4.40 Å². The molecule has 4 heterocycles. The maximum absolute atomic E-state index is 5.19. The van der Waals surface area contributed by atoms with E-state index in [1.807, 2.05) is 11.3 Å². The van der Waals surface area contributed by atoms with E-state index in [1.54, 1.807) is 0 Å². The summed E-state index contributed by atoms with van der Waals surface area (Å²) in [6.45, 7) is 0. The van der Waals surface area contributed by atoms with E-state index in [0.717, 1.165) is 16.8 Å². The molecular weight excluding hydrogens is 649 g/mol. The lowest BCUT2D eigenvalue weighted by molar-refractivity contribution is 1.37. The third kappa shape index (κ3) is 3.80. The van der Waals surface area contributed by atoms with E-state index in [0.29, 0.717) is 0 Å². The van der Waals surface area contributed by atoms with Gasteiger partial charge >= 0.3 is 0 Å². The van der Waals surface area contributed by atoms with Gasteiger partial charge in [0.25, 0.3) is 0 Å². The summed E-state index contributed by atoms with van der Waals surface area (Å²) in [6.07, 6.45) is 0. The van der Waals surface area contributed by atoms with Crippen molar-refractivity contribution in [2.24, 2.45) is 0 Å². The lowest BCUT2D eigenvalue weighted by Gasteiger charge is -2.11. The van der Waals surface area contributed by atoms with Crippen molar-refractivity contribution in [3.63, 3.8) is 0 Å². The van der Waals surface area contributed by atoms with Crippen molar-refractivity contribution in [3.8, 4) is 33.5 Å². The highest BCUT2D eigenvalue weighted by Gasteiger charge is 2.20. The van der Waals surface area contributed by atoms with E-state index in [2.05, 4.69) is 174 Å². The Balaban J connectivity index is 1.04. The van der Waals surface area contributed by atoms with Gasteiger partial charge in [-0.15, -0.1) is 11.3 Å². The number of hydrogen-bond donors (Lipinski definition) is 0. The second kappa shape index (κ2) is 10.5. The van der Waals surface area contributed by atoms with E-state index in [-0.39, 0.29) is 0 Å². The Labute approximate surface area is 302 Å². The molecule has 0 aliphatic heterocycles. The number of aromatic nitrogens is 2. The Bertz CT molecular complexity index is 3300. The fraction of sp³-hybridized carbons (Fsp3) is 0. The maximum atomic E-state index is 5.19. The summed E-state index contributed by atoms with van der Waals surface area (Å²) in [5.74, 6) is 0. The Morgan fingerprint density at radius 1 is 0.385 bits per heavy atom. The average Bonchev–Trinajstić information content (AvgIpc) is 3.88. The molecule has 3 heteroatoms. The first-order valence-electron chi connectivity index (χ1n) is 17.8. The molecule has 2 nitrogen and oxygen atoms in total. The monoisotopic (exact) mass is 676 g/mol. The van der Waals surface area contributed by atoms with Crippen LogP contribution in [-0.2, 0) is 0 Å². The molecule has 0 aliphatic rings. The van der Waals surface area contributed by atoms with E-state index in [4.69, 9.17) is 4.98 Å². The quantitative estimate of drug-likeness (QED) is 0.170. The average molecular weight is 677 g/mol. The van der Waals surface area contributed by atoms with Crippen LogP contribution in [-0.4, -0.2) is 9.38 Å². The van der Waals surface area contributed by atoms with Crippen molar-refractivity contribution in [2.45, 2.75) is 0 Å². The van der Waals surface area contributed by atoms with E-state index < -0.39 is 0 Å². The van der Waals surface area contributed by atoms with Crippen molar-refractivity contribution in [2.75, 3.05) is 0 Å². The first-order chi connectivity index (χ1) is 25.8. The van der Waals surface area contributed by atoms with Crippen LogP contribution in [0.25, 0.3) is 113 Å². The summed E-state index contributed by atoms with van der Waals surface area (Å²) in [7, 11) is 0. The second-order valence-corrected chi connectivity index (χ2v) is 14.9. The fourth-order valence-corrected chi connectivity index (χ4v) is 10.2. The van der Waals surface area contributed by atoms with Crippen LogP contribution in [0, 0.1) is 0 Å². The topological polar surface area (TPSA) is 17.3 Å². The molecule has 12 aromatic rings. The summed E-state index contributed by atoms with van der Waals surface area (Å²) in [5.41, 5.74) is 12.0. The largest absolute Gasteiger partial charge is 0.308 e. The van der Waals surface area contributed by atoms with Crippen molar-refractivity contribution in [1.82, 2.24) is 9.38 Å². The van der Waals surface area contributed by atoms with Gasteiger partial charge in [0.05, 0.1) is 27.8 Å². The number of benzene rings is 8. The SMILES string of the molecule is c1ccc(-c2nc3ccccc3c3c2ccc2c4cccc(-c5ccc(-c6cc7c8ccccc8n8c9ccccc9c(c6)c78)cc5)c4sc23)cc1. The highest BCUT2D eigenvalue weighted by molar-refractivity contribution is 7.27. The molecule has 0 saturated carbocycles. The van der Waals surface area contributed by atoms with Gasteiger partial charge in [-0.3, -0.25) is 0 Å². The summed E-state index contributed by atoms with van der Waals surface area (Å²) < 4.78 is 5.08. The van der Waals surface area contributed by atoms with Crippen molar-refractivity contribution >= 4 is 91.3 Å². The molecule has 0 fully saturated rings. The number of para-hydroxylation sites is 3. The normalized spacial score (nSPS) is 12.2. The van der Waals surface area contributed by atoms with Crippen LogP contribution in [0.4, 0.5) is 0 Å². The molecule has 0 saturated heterocycles. The number of thiophene rings is 1. The minimum absolute atomic E-state index is 1.03. The predicted octanol–water partition coefficient (Wildman–Crippen LogP) is 13.9. The van der Waals surface area contributed by atoms with E-state index in [1.165, 1.54) is 96.7 Å². The molecule has 0 amide bonds. The van der Waals surface area contributed by atoms with Crippen LogP contribution >= 0.6 is 11.3 Å². The molecule has 0 aliphatic carbocycles. The minimum atomic E-state index is 1.03. The van der Waals surface area contributed by atoms with Gasteiger partial charge in [0.15, 0.2) is 0 Å². The first-order valence-corrected chi connectivity index (χ1v) is 18.6. The van der Waals surface area contributed by atoms with Crippen LogP contribution in [0.3, 0.4) is 0 Å². The molecule has 0 spiro atoms. The smallest absolute Gasteiger partial charge is 0.0788 e. The lowest BCUT2D eigenvalue weighted by atomic mass is 9.96. The Morgan fingerprint density at radius 2 is 0.981 bits per heavy atom. The number of fused-ring (bicyclic) bond motifs is 13. The van der Waals surface area contributed by atoms with Gasteiger partial charge in [-0.2, -0.15) is 0 Å². The van der Waals surface area contributed by atoms with Gasteiger partial charge in [0, 0.05) is 63.4 Å². The molecule has 0 radical (unpaired) electrons. The summed E-state index contributed by atoms with van der Waals surface area (Å²) in [4.78, 5) is 5.19.